The van der Waals surface area contributed by atoms with Crippen LogP contribution in [0, 0.1) is 6.92 Å². The first kappa shape index (κ1) is 16.8. The first-order chi connectivity index (χ1) is 12.7. The van der Waals surface area contributed by atoms with Crippen LogP contribution >= 0.6 is 11.3 Å². The minimum Gasteiger partial charge on any atom is -0.339 e. The maximum Gasteiger partial charge on any atom is 0.317 e. The van der Waals surface area contributed by atoms with Crippen LogP contribution in [0.5, 0.6) is 0 Å². The van der Waals surface area contributed by atoms with Gasteiger partial charge >= 0.3 is 6.03 Å². The van der Waals surface area contributed by atoms with E-state index in [0.29, 0.717) is 31.3 Å². The van der Waals surface area contributed by atoms with Crippen LogP contribution in [-0.4, -0.2) is 34.2 Å². The molecule has 1 saturated heterocycles. The van der Waals surface area contributed by atoms with Crippen LogP contribution in [0.15, 0.2) is 52.4 Å². The number of nitrogens with zero attached hydrogens (tertiary/aromatic N) is 3. The zero-order valence-electron chi connectivity index (χ0n) is 14.5. The van der Waals surface area contributed by atoms with Crippen LogP contribution < -0.4 is 5.32 Å². The van der Waals surface area contributed by atoms with Gasteiger partial charge in [-0.05, 0) is 23.9 Å². The molecule has 1 fully saturated rings. The summed E-state index contributed by atoms with van der Waals surface area (Å²) in [6, 6.07) is 14.2. The van der Waals surface area contributed by atoms with E-state index >= 15 is 0 Å². The quantitative estimate of drug-likeness (QED) is 0.765. The van der Waals surface area contributed by atoms with Gasteiger partial charge in [-0.1, -0.05) is 41.6 Å². The van der Waals surface area contributed by atoms with E-state index in [-0.39, 0.29) is 17.9 Å². The van der Waals surface area contributed by atoms with Crippen LogP contribution in [-0.2, 0) is 6.54 Å². The van der Waals surface area contributed by atoms with E-state index in [4.69, 9.17) is 4.52 Å². The number of rotatable bonds is 4. The van der Waals surface area contributed by atoms with E-state index < -0.39 is 0 Å². The number of hydrogen-bond acceptors (Lipinski definition) is 5. The summed E-state index contributed by atoms with van der Waals surface area (Å²) in [5, 5.41) is 8.94. The van der Waals surface area contributed by atoms with E-state index in [1.54, 1.807) is 11.3 Å². The highest BCUT2D eigenvalue weighted by atomic mass is 32.1. The number of aromatic nitrogens is 2. The van der Waals surface area contributed by atoms with Gasteiger partial charge in [0.2, 0.25) is 5.89 Å². The van der Waals surface area contributed by atoms with Crippen LogP contribution in [0.4, 0.5) is 4.79 Å². The summed E-state index contributed by atoms with van der Waals surface area (Å²) in [7, 11) is 0. The van der Waals surface area contributed by atoms with Crippen molar-refractivity contribution in [2.75, 3.05) is 13.1 Å². The van der Waals surface area contributed by atoms with Crippen molar-refractivity contribution >= 4 is 17.4 Å². The molecule has 2 atom stereocenters. The van der Waals surface area contributed by atoms with Gasteiger partial charge in [-0.15, -0.1) is 11.3 Å². The van der Waals surface area contributed by atoms with Crippen molar-refractivity contribution in [3.05, 3.63) is 70.0 Å². The Bertz CT molecular complexity index is 863. The van der Waals surface area contributed by atoms with E-state index in [9.17, 15) is 4.79 Å². The Morgan fingerprint density at radius 3 is 2.73 bits per heavy atom. The predicted molar refractivity (Wildman–Crippen MR) is 99.1 cm³/mol. The largest absolute Gasteiger partial charge is 0.339 e. The van der Waals surface area contributed by atoms with Crippen molar-refractivity contribution in [2.45, 2.75) is 25.3 Å². The second-order valence-electron chi connectivity index (χ2n) is 6.45. The normalized spacial score (nSPS) is 19.7. The summed E-state index contributed by atoms with van der Waals surface area (Å²) in [5.74, 6) is 1.37. The molecule has 2 amide bonds. The summed E-state index contributed by atoms with van der Waals surface area (Å²) in [6.45, 7) is 3.56. The lowest BCUT2D eigenvalue weighted by Gasteiger charge is -2.17. The first-order valence-electron chi connectivity index (χ1n) is 8.61. The Labute approximate surface area is 155 Å². The van der Waals surface area contributed by atoms with E-state index in [1.165, 1.54) is 5.56 Å². The van der Waals surface area contributed by atoms with Crippen molar-refractivity contribution in [3.8, 4) is 0 Å². The Morgan fingerprint density at radius 1 is 1.23 bits per heavy atom. The molecule has 1 aromatic carbocycles. The average Bonchev–Trinajstić information content (AvgIpc) is 3.40. The molecule has 0 aliphatic carbocycles. The standard InChI is InChI=1S/C19H20N4O2S/c1-13-21-18(25-22-13)17-12-23(11-16(17)14-6-3-2-4-7-14)19(24)20-10-15-8-5-9-26-15/h2-9,16-17H,10-12H2,1H3,(H,20,24)/t16-,17+/m1/s1. The van der Waals surface area contributed by atoms with Gasteiger partial charge in [0.25, 0.3) is 0 Å². The highest BCUT2D eigenvalue weighted by Crippen LogP contribution is 2.38. The molecule has 1 aliphatic heterocycles. The molecule has 26 heavy (non-hydrogen) atoms. The van der Waals surface area contributed by atoms with Crippen molar-refractivity contribution in [2.24, 2.45) is 0 Å². The van der Waals surface area contributed by atoms with E-state index in [0.717, 1.165) is 4.88 Å². The number of urea groups is 1. The number of thiophene rings is 1. The van der Waals surface area contributed by atoms with Crippen LogP contribution in [0.1, 0.15) is 34.0 Å². The van der Waals surface area contributed by atoms with Crippen molar-refractivity contribution in [1.29, 1.82) is 0 Å². The number of carbonyl (C=O) groups excluding carboxylic acids is 1. The third-order valence-corrected chi connectivity index (χ3v) is 5.57. The maximum absolute atomic E-state index is 12.7. The topological polar surface area (TPSA) is 71.3 Å². The lowest BCUT2D eigenvalue weighted by atomic mass is 9.89. The molecule has 134 valence electrons. The second-order valence-corrected chi connectivity index (χ2v) is 7.48. The highest BCUT2D eigenvalue weighted by molar-refractivity contribution is 7.09. The Morgan fingerprint density at radius 2 is 2.04 bits per heavy atom. The lowest BCUT2D eigenvalue weighted by Crippen LogP contribution is -2.38. The predicted octanol–water partition coefficient (Wildman–Crippen LogP) is 3.53. The van der Waals surface area contributed by atoms with Gasteiger partial charge in [-0.25, -0.2) is 4.79 Å². The molecule has 6 nitrogen and oxygen atoms in total. The van der Waals surface area contributed by atoms with Gasteiger partial charge in [-0.2, -0.15) is 4.98 Å². The van der Waals surface area contributed by atoms with E-state index in [2.05, 4.69) is 27.6 Å². The fourth-order valence-electron chi connectivity index (χ4n) is 3.41. The molecule has 0 radical (unpaired) electrons. The first-order valence-corrected chi connectivity index (χ1v) is 9.49. The molecule has 0 unspecified atom stereocenters. The van der Waals surface area contributed by atoms with Crippen molar-refractivity contribution in [3.63, 3.8) is 0 Å². The molecule has 0 bridgehead atoms. The lowest BCUT2D eigenvalue weighted by molar-refractivity contribution is 0.207. The van der Waals surface area contributed by atoms with Crippen LogP contribution in [0.3, 0.4) is 0 Å². The molecule has 1 aliphatic rings. The number of carbonyl (C=O) groups is 1. The van der Waals surface area contributed by atoms with Crippen LogP contribution in [0.2, 0.25) is 0 Å². The van der Waals surface area contributed by atoms with Gasteiger partial charge in [0, 0.05) is 23.9 Å². The number of nitrogens with one attached hydrogen (secondary N) is 1. The molecule has 7 heteroatoms. The number of hydrogen-bond donors (Lipinski definition) is 1. The molecule has 0 spiro atoms. The molecule has 0 saturated carbocycles. The second kappa shape index (κ2) is 7.29. The number of aryl methyl sites for hydroxylation is 1. The number of benzene rings is 1. The molecular formula is C19H20N4O2S. The zero-order chi connectivity index (χ0) is 17.9. The summed E-state index contributed by atoms with van der Waals surface area (Å²) in [4.78, 5) is 20.0. The summed E-state index contributed by atoms with van der Waals surface area (Å²) in [6.07, 6.45) is 0. The fraction of sp³-hybridized carbons (Fsp3) is 0.316. The summed E-state index contributed by atoms with van der Waals surface area (Å²) >= 11 is 1.64. The van der Waals surface area contributed by atoms with Gasteiger partial charge < -0.3 is 14.7 Å². The number of amides is 2. The third kappa shape index (κ3) is 3.48. The fourth-order valence-corrected chi connectivity index (χ4v) is 4.05. The minimum absolute atomic E-state index is 0.00564. The van der Waals surface area contributed by atoms with Gasteiger partial charge in [0.15, 0.2) is 5.82 Å². The molecule has 4 rings (SSSR count). The van der Waals surface area contributed by atoms with Crippen molar-refractivity contribution < 1.29 is 9.32 Å². The highest BCUT2D eigenvalue weighted by Gasteiger charge is 2.40. The Kier molecular flexibility index (Phi) is 4.71. The van der Waals surface area contributed by atoms with Gasteiger partial charge in [0.05, 0.1) is 12.5 Å². The minimum atomic E-state index is -0.0573. The van der Waals surface area contributed by atoms with Gasteiger partial charge in [0.1, 0.15) is 0 Å². The smallest absolute Gasteiger partial charge is 0.317 e. The molecule has 3 aromatic rings. The van der Waals surface area contributed by atoms with Crippen molar-refractivity contribution in [1.82, 2.24) is 20.4 Å². The molecule has 2 aromatic heterocycles. The molecule has 1 N–H and O–H groups in total. The molecule has 3 heterocycles. The third-order valence-electron chi connectivity index (χ3n) is 4.69. The molecular weight excluding hydrogens is 348 g/mol. The summed E-state index contributed by atoms with van der Waals surface area (Å²) < 4.78 is 5.43. The maximum atomic E-state index is 12.7. The average molecular weight is 368 g/mol. The van der Waals surface area contributed by atoms with E-state index in [1.807, 2.05) is 47.5 Å². The SMILES string of the molecule is Cc1noc([C@H]2CN(C(=O)NCc3cccs3)C[C@@H]2c2ccccc2)n1. The summed E-state index contributed by atoms with van der Waals surface area (Å²) in [5.41, 5.74) is 1.18. The Balaban J connectivity index is 1.52. The monoisotopic (exact) mass is 368 g/mol. The zero-order valence-corrected chi connectivity index (χ0v) is 15.3. The van der Waals surface area contributed by atoms with Crippen LogP contribution in [0.25, 0.3) is 0 Å². The Hall–Kier alpha value is -2.67. The number of likely N-dealkylation sites (tertiary alicyclic amines) is 1. The van der Waals surface area contributed by atoms with Gasteiger partial charge in [-0.3, -0.25) is 0 Å².